The van der Waals surface area contributed by atoms with Crippen LogP contribution in [0.3, 0.4) is 0 Å². The van der Waals surface area contributed by atoms with Crippen LogP contribution in [0.1, 0.15) is 23.0 Å². The number of hydrogen-bond acceptors (Lipinski definition) is 3. The summed E-state index contributed by atoms with van der Waals surface area (Å²) in [5.74, 6) is -0.0730. The van der Waals surface area contributed by atoms with Gasteiger partial charge in [0.2, 0.25) is 0 Å². The average Bonchev–Trinajstić information content (AvgIpc) is 2.96. The van der Waals surface area contributed by atoms with Gasteiger partial charge in [0.25, 0.3) is 5.91 Å². The number of carbonyl (C=O) groups excluding carboxylic acids is 1. The Balaban J connectivity index is 2.11. The van der Waals surface area contributed by atoms with Gasteiger partial charge in [-0.15, -0.1) is 0 Å². The summed E-state index contributed by atoms with van der Waals surface area (Å²) in [6.45, 7) is 3.37. The maximum atomic E-state index is 12.3. The predicted molar refractivity (Wildman–Crippen MR) is 74.6 cm³/mol. The second-order valence-corrected chi connectivity index (χ2v) is 5.18. The van der Waals surface area contributed by atoms with Gasteiger partial charge in [-0.25, -0.2) is 0 Å². The number of amides is 1. The molecule has 0 radical (unpaired) electrons. The predicted octanol–water partition coefficient (Wildman–Crippen LogP) is 1.67. The second-order valence-electron chi connectivity index (χ2n) is 4.33. The number of aryl methyl sites for hydroxylation is 2. The van der Waals surface area contributed by atoms with E-state index in [1.165, 1.54) is 0 Å². The van der Waals surface area contributed by atoms with Crippen LogP contribution in [-0.2, 0) is 20.1 Å². The molecular weight excluding hydrogens is 310 g/mol. The van der Waals surface area contributed by atoms with Gasteiger partial charge in [0.1, 0.15) is 5.69 Å². The highest BCUT2D eigenvalue weighted by Gasteiger charge is 2.19. The van der Waals surface area contributed by atoms with Gasteiger partial charge in [0.05, 0.1) is 16.9 Å². The fourth-order valence-electron chi connectivity index (χ4n) is 1.84. The fourth-order valence-corrected chi connectivity index (χ4v) is 2.36. The van der Waals surface area contributed by atoms with E-state index in [-0.39, 0.29) is 5.91 Å². The average molecular weight is 326 g/mol. The number of hydrogen-bond donors (Lipinski definition) is 0. The number of nitrogens with zero attached hydrogens (tertiary/aromatic N) is 5. The van der Waals surface area contributed by atoms with Crippen molar-refractivity contribution in [3.8, 4) is 0 Å². The normalized spacial score (nSPS) is 10.7. The minimum absolute atomic E-state index is 0.0730. The third-order valence-corrected chi connectivity index (χ3v) is 3.45. The molecule has 2 aromatic rings. The Morgan fingerprint density at radius 2 is 2.16 bits per heavy atom. The summed E-state index contributed by atoms with van der Waals surface area (Å²) in [5, 5.41) is 8.25. The zero-order chi connectivity index (χ0) is 14.0. The van der Waals surface area contributed by atoms with E-state index in [1.54, 1.807) is 36.1 Å². The first-order valence-electron chi connectivity index (χ1n) is 5.97. The van der Waals surface area contributed by atoms with Gasteiger partial charge in [-0.1, -0.05) is 0 Å². The summed E-state index contributed by atoms with van der Waals surface area (Å²) in [7, 11) is 3.52. The maximum Gasteiger partial charge on any atom is 0.273 e. The summed E-state index contributed by atoms with van der Waals surface area (Å²) in [4.78, 5) is 14.0. The van der Waals surface area contributed by atoms with Crippen molar-refractivity contribution >= 4 is 21.8 Å². The molecule has 0 saturated carbocycles. The molecule has 2 aromatic heterocycles. The lowest BCUT2D eigenvalue weighted by molar-refractivity contribution is 0.0773. The van der Waals surface area contributed by atoms with Crippen LogP contribution in [0.25, 0.3) is 0 Å². The highest BCUT2D eigenvalue weighted by Crippen LogP contribution is 2.17. The van der Waals surface area contributed by atoms with Gasteiger partial charge in [-0.2, -0.15) is 10.2 Å². The molecule has 0 aliphatic carbocycles. The van der Waals surface area contributed by atoms with Gasteiger partial charge in [0, 0.05) is 38.9 Å². The van der Waals surface area contributed by atoms with E-state index >= 15 is 0 Å². The smallest absolute Gasteiger partial charge is 0.273 e. The van der Waals surface area contributed by atoms with Crippen LogP contribution in [-0.4, -0.2) is 37.4 Å². The third kappa shape index (κ3) is 2.86. The Kier molecular flexibility index (Phi) is 4.04. The molecule has 0 aliphatic heterocycles. The maximum absolute atomic E-state index is 12.3. The molecular formula is C12H16BrN5O. The van der Waals surface area contributed by atoms with Crippen molar-refractivity contribution in [3.05, 3.63) is 34.3 Å². The van der Waals surface area contributed by atoms with E-state index in [0.717, 1.165) is 12.1 Å². The molecule has 7 heteroatoms. The van der Waals surface area contributed by atoms with Crippen molar-refractivity contribution in [1.29, 1.82) is 0 Å². The molecule has 0 bridgehead atoms. The number of rotatable bonds is 4. The standard InChI is InChI=1S/C12H16BrN5O/c1-4-18-8-9(5-15-18)7-16(2)12(19)11-10(13)6-14-17(11)3/h5-6,8H,4,7H2,1-3H3. The number of aromatic nitrogens is 4. The first-order valence-corrected chi connectivity index (χ1v) is 6.76. The Hall–Kier alpha value is -1.63. The molecule has 0 spiro atoms. The molecule has 0 atom stereocenters. The molecule has 0 N–H and O–H groups in total. The van der Waals surface area contributed by atoms with Crippen LogP contribution in [0, 0.1) is 0 Å². The molecule has 0 aromatic carbocycles. The Bertz CT molecular complexity index is 569. The molecule has 0 unspecified atom stereocenters. The summed E-state index contributed by atoms with van der Waals surface area (Å²) < 4.78 is 4.11. The van der Waals surface area contributed by atoms with Crippen molar-refractivity contribution in [2.24, 2.45) is 7.05 Å². The van der Waals surface area contributed by atoms with Crippen molar-refractivity contribution < 1.29 is 4.79 Å². The summed E-state index contributed by atoms with van der Waals surface area (Å²) in [5.41, 5.74) is 1.56. The zero-order valence-electron chi connectivity index (χ0n) is 11.2. The van der Waals surface area contributed by atoms with Crippen LogP contribution in [0.5, 0.6) is 0 Å². The van der Waals surface area contributed by atoms with Crippen LogP contribution >= 0.6 is 15.9 Å². The molecule has 19 heavy (non-hydrogen) atoms. The van der Waals surface area contributed by atoms with E-state index in [1.807, 2.05) is 17.8 Å². The van der Waals surface area contributed by atoms with Gasteiger partial charge in [-0.3, -0.25) is 14.2 Å². The third-order valence-electron chi connectivity index (χ3n) is 2.87. The lowest BCUT2D eigenvalue weighted by Gasteiger charge is -2.16. The lowest BCUT2D eigenvalue weighted by Crippen LogP contribution is -2.28. The Labute approximate surface area is 120 Å². The summed E-state index contributed by atoms with van der Waals surface area (Å²) in [6.07, 6.45) is 5.35. The number of halogens is 1. The van der Waals surface area contributed by atoms with Crippen molar-refractivity contribution in [1.82, 2.24) is 24.5 Å². The van der Waals surface area contributed by atoms with Crippen molar-refractivity contribution in [2.45, 2.75) is 20.0 Å². The largest absolute Gasteiger partial charge is 0.336 e. The number of carbonyl (C=O) groups is 1. The molecule has 0 fully saturated rings. The minimum Gasteiger partial charge on any atom is -0.336 e. The van der Waals surface area contributed by atoms with Gasteiger partial charge in [-0.05, 0) is 22.9 Å². The van der Waals surface area contributed by atoms with E-state index in [9.17, 15) is 4.79 Å². The fraction of sp³-hybridized carbons (Fsp3) is 0.417. The first-order chi connectivity index (χ1) is 9.02. The van der Waals surface area contributed by atoms with E-state index in [0.29, 0.717) is 16.7 Å². The zero-order valence-corrected chi connectivity index (χ0v) is 12.8. The van der Waals surface area contributed by atoms with Crippen LogP contribution in [0.15, 0.2) is 23.1 Å². The van der Waals surface area contributed by atoms with Crippen LogP contribution < -0.4 is 0 Å². The molecule has 6 nitrogen and oxygen atoms in total. The van der Waals surface area contributed by atoms with Gasteiger partial charge < -0.3 is 4.90 Å². The topological polar surface area (TPSA) is 56.0 Å². The summed E-state index contributed by atoms with van der Waals surface area (Å²) >= 11 is 3.34. The van der Waals surface area contributed by atoms with Crippen LogP contribution in [0.4, 0.5) is 0 Å². The monoisotopic (exact) mass is 325 g/mol. The highest BCUT2D eigenvalue weighted by atomic mass is 79.9. The molecule has 102 valence electrons. The molecule has 0 saturated heterocycles. The van der Waals surface area contributed by atoms with Crippen molar-refractivity contribution in [3.63, 3.8) is 0 Å². The van der Waals surface area contributed by atoms with E-state index in [2.05, 4.69) is 26.1 Å². The first kappa shape index (κ1) is 13.8. The SMILES string of the molecule is CCn1cc(CN(C)C(=O)c2c(Br)cnn2C)cn1. The quantitative estimate of drug-likeness (QED) is 0.859. The Morgan fingerprint density at radius 1 is 1.42 bits per heavy atom. The lowest BCUT2D eigenvalue weighted by atomic mass is 10.3. The van der Waals surface area contributed by atoms with Crippen molar-refractivity contribution in [2.75, 3.05) is 7.05 Å². The molecule has 2 heterocycles. The Morgan fingerprint density at radius 3 is 2.68 bits per heavy atom. The molecule has 2 rings (SSSR count). The minimum atomic E-state index is -0.0730. The summed E-state index contributed by atoms with van der Waals surface area (Å²) in [6, 6.07) is 0. The molecule has 1 amide bonds. The van der Waals surface area contributed by atoms with Crippen LogP contribution in [0.2, 0.25) is 0 Å². The second kappa shape index (κ2) is 5.56. The van der Waals surface area contributed by atoms with Gasteiger partial charge in [0.15, 0.2) is 0 Å². The van der Waals surface area contributed by atoms with E-state index in [4.69, 9.17) is 0 Å². The molecule has 0 aliphatic rings. The van der Waals surface area contributed by atoms with E-state index < -0.39 is 0 Å². The van der Waals surface area contributed by atoms with Gasteiger partial charge >= 0.3 is 0 Å². The highest BCUT2D eigenvalue weighted by molar-refractivity contribution is 9.10.